The largest absolute Gasteiger partial charge is 0.481 e. The van der Waals surface area contributed by atoms with Crippen LogP contribution in [-0.4, -0.2) is 45.0 Å². The van der Waals surface area contributed by atoms with E-state index in [1.54, 1.807) is 12.1 Å². The minimum atomic E-state index is -1.01. The van der Waals surface area contributed by atoms with Crippen LogP contribution in [0, 0.1) is 5.92 Å². The number of thioether (sulfide) groups is 1. The van der Waals surface area contributed by atoms with Crippen molar-refractivity contribution in [2.45, 2.75) is 56.3 Å². The Morgan fingerprint density at radius 3 is 2.21 bits per heavy atom. The van der Waals surface area contributed by atoms with Gasteiger partial charge in [0.05, 0.1) is 30.8 Å². The van der Waals surface area contributed by atoms with Gasteiger partial charge in [-0.05, 0) is 46.0 Å². The number of carbonyl (C=O) groups is 3. The molecule has 4 atom stereocenters. The molecule has 0 aliphatic carbocycles. The lowest BCUT2D eigenvalue weighted by molar-refractivity contribution is -0.268. The van der Waals surface area contributed by atoms with E-state index in [1.165, 1.54) is 11.8 Å². The van der Waals surface area contributed by atoms with Crippen molar-refractivity contribution >= 4 is 29.6 Å². The molecule has 1 fully saturated rings. The number of aliphatic hydroxyl groups is 1. The summed E-state index contributed by atoms with van der Waals surface area (Å²) in [7, 11) is 0. The molecule has 4 aromatic rings. The molecule has 244 valence electrons. The highest BCUT2D eigenvalue weighted by Gasteiger charge is 2.38. The van der Waals surface area contributed by atoms with Gasteiger partial charge < -0.3 is 30.1 Å². The monoisotopic (exact) mass is 655 g/mol. The minimum Gasteiger partial charge on any atom is -0.481 e. The van der Waals surface area contributed by atoms with Crippen LogP contribution in [0.5, 0.6) is 0 Å². The molecule has 0 saturated carbocycles. The first-order valence-electron chi connectivity index (χ1n) is 15.4. The molecular formula is C37H37NO8S. The van der Waals surface area contributed by atoms with Crippen molar-refractivity contribution in [2.24, 2.45) is 5.92 Å². The molecule has 1 aliphatic rings. The number of aromatic carboxylic acids is 1. The number of aliphatic hydroxyl groups excluding tert-OH is 1. The van der Waals surface area contributed by atoms with Gasteiger partial charge in [0.1, 0.15) is 0 Å². The van der Waals surface area contributed by atoms with Gasteiger partial charge >= 0.3 is 11.9 Å². The van der Waals surface area contributed by atoms with Gasteiger partial charge in [0, 0.05) is 35.1 Å². The van der Waals surface area contributed by atoms with Gasteiger partial charge in [-0.15, -0.1) is 11.8 Å². The predicted molar refractivity (Wildman–Crippen MR) is 178 cm³/mol. The molecule has 1 aliphatic heterocycles. The van der Waals surface area contributed by atoms with Crippen molar-refractivity contribution in [1.29, 1.82) is 0 Å². The topological polar surface area (TPSA) is 142 Å². The molecule has 0 aromatic heterocycles. The molecule has 0 radical (unpaired) electrons. The zero-order valence-corrected chi connectivity index (χ0v) is 26.7. The van der Waals surface area contributed by atoms with Crippen LogP contribution < -0.4 is 5.32 Å². The summed E-state index contributed by atoms with van der Waals surface area (Å²) in [6, 6.07) is 30.3. The van der Waals surface area contributed by atoms with Crippen LogP contribution in [0.2, 0.25) is 0 Å². The summed E-state index contributed by atoms with van der Waals surface area (Å²) >= 11 is 1.45. The van der Waals surface area contributed by atoms with E-state index in [-0.39, 0.29) is 49.0 Å². The maximum absolute atomic E-state index is 12.0. The van der Waals surface area contributed by atoms with Gasteiger partial charge in [-0.1, -0.05) is 85.8 Å². The van der Waals surface area contributed by atoms with Crippen LogP contribution in [0.3, 0.4) is 0 Å². The fourth-order valence-corrected chi connectivity index (χ4v) is 6.67. The number of carboxylic acid groups (broad SMARTS) is 2. The van der Waals surface area contributed by atoms with Crippen molar-refractivity contribution in [3.63, 3.8) is 0 Å². The van der Waals surface area contributed by atoms with Gasteiger partial charge in [0.2, 0.25) is 5.91 Å². The van der Waals surface area contributed by atoms with E-state index in [1.807, 2.05) is 84.9 Å². The zero-order chi connectivity index (χ0) is 33.3. The highest BCUT2D eigenvalue weighted by atomic mass is 32.2. The lowest BCUT2D eigenvalue weighted by Gasteiger charge is -2.41. The Labute approximate surface area is 277 Å². The van der Waals surface area contributed by atoms with Crippen molar-refractivity contribution in [2.75, 3.05) is 5.75 Å². The van der Waals surface area contributed by atoms with E-state index in [4.69, 9.17) is 14.6 Å². The summed E-state index contributed by atoms with van der Waals surface area (Å²) < 4.78 is 13.1. The van der Waals surface area contributed by atoms with Crippen molar-refractivity contribution in [3.05, 3.63) is 125 Å². The summed E-state index contributed by atoms with van der Waals surface area (Å²) in [4.78, 5) is 35.2. The van der Waals surface area contributed by atoms with Crippen LogP contribution in [0.4, 0.5) is 0 Å². The molecule has 47 heavy (non-hydrogen) atoms. The van der Waals surface area contributed by atoms with E-state index in [9.17, 15) is 24.6 Å². The molecule has 1 amide bonds. The second-order valence-corrected chi connectivity index (χ2v) is 12.5. The van der Waals surface area contributed by atoms with E-state index in [0.717, 1.165) is 33.4 Å². The Balaban J connectivity index is 1.33. The lowest BCUT2D eigenvalue weighted by atomic mass is 9.91. The van der Waals surface area contributed by atoms with Crippen molar-refractivity contribution < 1.29 is 39.2 Å². The second-order valence-electron chi connectivity index (χ2n) is 11.4. The molecule has 1 heterocycles. The average Bonchev–Trinajstić information content (AvgIpc) is 3.09. The number of benzene rings is 4. The average molecular weight is 656 g/mol. The minimum absolute atomic E-state index is 0.0496. The highest BCUT2D eigenvalue weighted by molar-refractivity contribution is 7.99. The Kier molecular flexibility index (Phi) is 11.4. The third kappa shape index (κ3) is 8.87. The van der Waals surface area contributed by atoms with E-state index in [2.05, 4.69) is 12.2 Å². The highest BCUT2D eigenvalue weighted by Crippen LogP contribution is 2.43. The third-order valence-electron chi connectivity index (χ3n) is 8.14. The Morgan fingerprint density at radius 2 is 1.51 bits per heavy atom. The van der Waals surface area contributed by atoms with Crippen LogP contribution >= 0.6 is 11.8 Å². The number of amides is 1. The molecular weight excluding hydrogens is 618 g/mol. The molecule has 4 N–H and O–H groups in total. The fourth-order valence-electron chi connectivity index (χ4n) is 5.45. The molecule has 0 bridgehead atoms. The summed E-state index contributed by atoms with van der Waals surface area (Å²) in [5.74, 6) is -1.82. The summed E-state index contributed by atoms with van der Waals surface area (Å²) in [6.07, 6.45) is -1.50. The van der Waals surface area contributed by atoms with Gasteiger partial charge in [-0.25, -0.2) is 4.79 Å². The number of carboxylic acids is 2. The molecule has 4 aromatic carbocycles. The van der Waals surface area contributed by atoms with Crippen LogP contribution in [0.15, 0.2) is 102 Å². The zero-order valence-electron chi connectivity index (χ0n) is 25.9. The molecule has 5 rings (SSSR count). The van der Waals surface area contributed by atoms with Crippen LogP contribution in [0.25, 0.3) is 11.1 Å². The lowest BCUT2D eigenvalue weighted by Crippen LogP contribution is -2.38. The number of carbonyl (C=O) groups excluding carboxylic acids is 1. The number of nitrogens with one attached hydrogen (secondary N) is 1. The standard InChI is InChI=1S/C37H37NO8S/c1-23-31(22-47-32-8-3-2-7-30(32)36(43)44)45-37(46-35(23)27-11-9-24(21-39)10-12-27)28-15-13-26(14-16-28)29-6-4-5-25(19-29)20-38-33(40)17-18-34(41)42/h2-16,19,23,31,35,37,39H,17-18,20-22H2,1H3,(H,38,40)(H,41,42)(H,43,44)/t23-,31+,35+,37+/m1/s1. The van der Waals surface area contributed by atoms with Crippen LogP contribution in [0.1, 0.15) is 64.8 Å². The Bertz CT molecular complexity index is 1690. The molecule has 0 unspecified atom stereocenters. The van der Waals surface area contributed by atoms with Gasteiger partial charge in [-0.3, -0.25) is 9.59 Å². The smallest absolute Gasteiger partial charge is 0.336 e. The molecule has 1 saturated heterocycles. The third-order valence-corrected chi connectivity index (χ3v) is 9.30. The molecule has 9 nitrogen and oxygen atoms in total. The predicted octanol–water partition coefficient (Wildman–Crippen LogP) is 6.61. The number of rotatable bonds is 13. The first-order chi connectivity index (χ1) is 22.7. The summed E-state index contributed by atoms with van der Waals surface area (Å²) in [5.41, 5.74) is 5.68. The molecule has 0 spiro atoms. The van der Waals surface area contributed by atoms with E-state index < -0.39 is 18.2 Å². The van der Waals surface area contributed by atoms with Gasteiger partial charge in [0.25, 0.3) is 0 Å². The van der Waals surface area contributed by atoms with Gasteiger partial charge in [-0.2, -0.15) is 0 Å². The Morgan fingerprint density at radius 1 is 0.787 bits per heavy atom. The Hall–Kier alpha value is -4.48. The number of ether oxygens (including phenoxy) is 2. The summed E-state index contributed by atoms with van der Waals surface area (Å²) in [6.45, 7) is 2.31. The SMILES string of the molecule is C[C@@H]1[C@H](CSc2ccccc2C(=O)O)O[C@H](c2ccc(-c3cccc(CNC(=O)CCC(=O)O)c3)cc2)O[C@@H]1c1ccc(CO)cc1. The normalized spacial score (nSPS) is 19.2. The first-order valence-corrected chi connectivity index (χ1v) is 16.3. The summed E-state index contributed by atoms with van der Waals surface area (Å²) in [5, 5.41) is 30.8. The quantitative estimate of drug-likeness (QED) is 0.117. The van der Waals surface area contributed by atoms with Crippen molar-refractivity contribution in [3.8, 4) is 11.1 Å². The van der Waals surface area contributed by atoms with E-state index in [0.29, 0.717) is 17.2 Å². The number of aliphatic carboxylic acids is 1. The maximum atomic E-state index is 12.0. The van der Waals surface area contributed by atoms with Gasteiger partial charge in [0.15, 0.2) is 6.29 Å². The fraction of sp³-hybridized carbons (Fsp3) is 0.270. The molecule has 10 heteroatoms. The van der Waals surface area contributed by atoms with Crippen LogP contribution in [-0.2, 0) is 32.2 Å². The second kappa shape index (κ2) is 15.9. The maximum Gasteiger partial charge on any atom is 0.336 e. The number of hydrogen-bond donors (Lipinski definition) is 4. The van der Waals surface area contributed by atoms with E-state index >= 15 is 0 Å². The first kappa shape index (κ1) is 33.9. The number of hydrogen-bond acceptors (Lipinski definition) is 7. The van der Waals surface area contributed by atoms with Crippen molar-refractivity contribution in [1.82, 2.24) is 5.32 Å².